The molecular weight excluding hydrogens is 268 g/mol. The third kappa shape index (κ3) is 4.21. The fourth-order valence-corrected chi connectivity index (χ4v) is 2.18. The molecule has 1 fully saturated rings. The van der Waals surface area contributed by atoms with E-state index in [0.717, 1.165) is 19.3 Å². The minimum atomic E-state index is -0.830. The standard InChI is InChI=1S/C16H22N2O3/c1-2-3-4-12-5-7-13(8-6-12)18-15(21)17-11-16(9-10-16)14(19)20/h5-8H,2-4,9-11H2,1H3,(H,19,20)(H2,17,18,21). The molecular formula is C16H22N2O3. The molecule has 21 heavy (non-hydrogen) atoms. The van der Waals surface area contributed by atoms with Crippen molar-refractivity contribution >= 4 is 17.7 Å². The summed E-state index contributed by atoms with van der Waals surface area (Å²) >= 11 is 0. The number of urea groups is 1. The topological polar surface area (TPSA) is 78.4 Å². The molecule has 2 amide bonds. The van der Waals surface area contributed by atoms with E-state index in [9.17, 15) is 9.59 Å². The van der Waals surface area contributed by atoms with Crippen LogP contribution in [0.1, 0.15) is 38.2 Å². The maximum Gasteiger partial charge on any atom is 0.319 e. The molecule has 0 radical (unpaired) electrons. The molecule has 1 aliphatic carbocycles. The number of nitrogens with one attached hydrogen (secondary N) is 2. The monoisotopic (exact) mass is 290 g/mol. The highest BCUT2D eigenvalue weighted by Crippen LogP contribution is 2.45. The Balaban J connectivity index is 1.78. The Morgan fingerprint density at radius 1 is 1.24 bits per heavy atom. The number of amides is 2. The molecule has 1 aliphatic rings. The number of carboxylic acids is 1. The second-order valence-corrected chi connectivity index (χ2v) is 5.69. The van der Waals surface area contributed by atoms with Crippen LogP contribution in [-0.4, -0.2) is 23.7 Å². The maximum absolute atomic E-state index is 11.8. The molecule has 2 rings (SSSR count). The number of carboxylic acid groups (broad SMARTS) is 1. The molecule has 0 saturated heterocycles. The zero-order valence-corrected chi connectivity index (χ0v) is 12.3. The molecule has 0 spiro atoms. The van der Waals surface area contributed by atoms with Crippen LogP contribution >= 0.6 is 0 Å². The normalized spacial score (nSPS) is 15.3. The Morgan fingerprint density at radius 3 is 2.43 bits per heavy atom. The number of aliphatic carboxylic acids is 1. The number of unbranched alkanes of at least 4 members (excludes halogenated alkanes) is 1. The smallest absolute Gasteiger partial charge is 0.319 e. The average molecular weight is 290 g/mol. The van der Waals surface area contributed by atoms with Crippen LogP contribution in [0, 0.1) is 5.41 Å². The van der Waals surface area contributed by atoms with Gasteiger partial charge >= 0.3 is 12.0 Å². The zero-order valence-electron chi connectivity index (χ0n) is 12.3. The predicted octanol–water partition coefficient (Wildman–Crippen LogP) is 3.02. The number of benzene rings is 1. The Morgan fingerprint density at radius 2 is 1.90 bits per heavy atom. The Bertz CT molecular complexity index is 507. The highest BCUT2D eigenvalue weighted by Gasteiger charge is 2.50. The van der Waals surface area contributed by atoms with Gasteiger partial charge in [-0.2, -0.15) is 0 Å². The molecule has 3 N–H and O–H groups in total. The summed E-state index contributed by atoms with van der Waals surface area (Å²) in [5.41, 5.74) is 1.24. The molecule has 1 aromatic rings. The number of aryl methyl sites for hydroxylation is 1. The second kappa shape index (κ2) is 6.61. The van der Waals surface area contributed by atoms with Gasteiger partial charge in [-0.15, -0.1) is 0 Å². The summed E-state index contributed by atoms with van der Waals surface area (Å²) in [5, 5.41) is 14.4. The third-order valence-electron chi connectivity index (χ3n) is 3.93. The van der Waals surface area contributed by atoms with E-state index in [1.54, 1.807) is 0 Å². The fraction of sp³-hybridized carbons (Fsp3) is 0.500. The van der Waals surface area contributed by atoms with Crippen LogP contribution in [-0.2, 0) is 11.2 Å². The first kappa shape index (κ1) is 15.4. The summed E-state index contributed by atoms with van der Waals surface area (Å²) in [6, 6.07) is 7.39. The van der Waals surface area contributed by atoms with Gasteiger partial charge in [-0.3, -0.25) is 4.79 Å². The van der Waals surface area contributed by atoms with E-state index in [-0.39, 0.29) is 12.6 Å². The van der Waals surface area contributed by atoms with Crippen LogP contribution in [0.2, 0.25) is 0 Å². The lowest BCUT2D eigenvalue weighted by Crippen LogP contribution is -2.36. The lowest BCUT2D eigenvalue weighted by Gasteiger charge is -2.12. The number of hydrogen-bond donors (Lipinski definition) is 3. The van der Waals surface area contributed by atoms with E-state index in [1.165, 1.54) is 5.56 Å². The van der Waals surface area contributed by atoms with E-state index in [2.05, 4.69) is 17.6 Å². The Kier molecular flexibility index (Phi) is 4.83. The van der Waals surface area contributed by atoms with Crippen LogP contribution in [0.25, 0.3) is 0 Å². The molecule has 5 heteroatoms. The van der Waals surface area contributed by atoms with Crippen molar-refractivity contribution in [1.82, 2.24) is 5.32 Å². The van der Waals surface area contributed by atoms with Crippen molar-refractivity contribution in [3.63, 3.8) is 0 Å². The molecule has 5 nitrogen and oxygen atoms in total. The number of anilines is 1. The van der Waals surface area contributed by atoms with Crippen LogP contribution in [0.15, 0.2) is 24.3 Å². The second-order valence-electron chi connectivity index (χ2n) is 5.69. The molecule has 0 aliphatic heterocycles. The highest BCUT2D eigenvalue weighted by molar-refractivity contribution is 5.90. The first-order valence-corrected chi connectivity index (χ1v) is 7.43. The van der Waals surface area contributed by atoms with Crippen LogP contribution in [0.5, 0.6) is 0 Å². The predicted molar refractivity (Wildman–Crippen MR) is 81.4 cm³/mol. The van der Waals surface area contributed by atoms with Crippen molar-refractivity contribution in [2.24, 2.45) is 5.41 Å². The van der Waals surface area contributed by atoms with Crippen molar-refractivity contribution in [2.45, 2.75) is 39.0 Å². The molecule has 1 saturated carbocycles. The summed E-state index contributed by atoms with van der Waals surface area (Å²) in [6.07, 6.45) is 4.63. The van der Waals surface area contributed by atoms with Gasteiger partial charge in [0.15, 0.2) is 0 Å². The van der Waals surface area contributed by atoms with E-state index in [4.69, 9.17) is 5.11 Å². The molecule has 114 valence electrons. The lowest BCUT2D eigenvalue weighted by atomic mass is 10.1. The summed E-state index contributed by atoms with van der Waals surface area (Å²) in [4.78, 5) is 22.8. The zero-order chi connectivity index (χ0) is 15.3. The van der Waals surface area contributed by atoms with Gasteiger partial charge in [0.05, 0.1) is 5.41 Å². The largest absolute Gasteiger partial charge is 0.481 e. The average Bonchev–Trinajstić information content (AvgIpc) is 3.26. The van der Waals surface area contributed by atoms with Crippen molar-refractivity contribution < 1.29 is 14.7 Å². The Hall–Kier alpha value is -2.04. The van der Waals surface area contributed by atoms with Crippen LogP contribution in [0.4, 0.5) is 10.5 Å². The van der Waals surface area contributed by atoms with Gasteiger partial charge in [0.25, 0.3) is 0 Å². The fourth-order valence-electron chi connectivity index (χ4n) is 2.18. The van der Waals surface area contributed by atoms with Crippen molar-refractivity contribution in [3.05, 3.63) is 29.8 Å². The minimum Gasteiger partial charge on any atom is -0.481 e. The van der Waals surface area contributed by atoms with E-state index in [1.807, 2.05) is 24.3 Å². The number of carbonyl (C=O) groups excluding carboxylic acids is 1. The quantitative estimate of drug-likeness (QED) is 0.722. The summed E-state index contributed by atoms with van der Waals surface area (Å²) in [6.45, 7) is 2.34. The van der Waals surface area contributed by atoms with Gasteiger partial charge in [0.2, 0.25) is 0 Å². The first-order valence-electron chi connectivity index (χ1n) is 7.43. The minimum absolute atomic E-state index is 0.183. The van der Waals surface area contributed by atoms with Gasteiger partial charge in [0.1, 0.15) is 0 Å². The van der Waals surface area contributed by atoms with Gasteiger partial charge in [-0.25, -0.2) is 4.79 Å². The van der Waals surface area contributed by atoms with Crippen LogP contribution < -0.4 is 10.6 Å². The SMILES string of the molecule is CCCCc1ccc(NC(=O)NCC2(C(=O)O)CC2)cc1. The van der Waals surface area contributed by atoms with Crippen molar-refractivity contribution in [2.75, 3.05) is 11.9 Å². The van der Waals surface area contributed by atoms with E-state index >= 15 is 0 Å². The molecule has 0 bridgehead atoms. The van der Waals surface area contributed by atoms with Gasteiger partial charge in [0, 0.05) is 12.2 Å². The third-order valence-corrected chi connectivity index (χ3v) is 3.93. The molecule has 1 aromatic carbocycles. The van der Waals surface area contributed by atoms with Crippen LogP contribution in [0.3, 0.4) is 0 Å². The lowest BCUT2D eigenvalue weighted by molar-refractivity contribution is -0.143. The first-order chi connectivity index (χ1) is 10.1. The van der Waals surface area contributed by atoms with Gasteiger partial charge in [-0.1, -0.05) is 25.5 Å². The van der Waals surface area contributed by atoms with Gasteiger partial charge in [-0.05, 0) is 43.4 Å². The van der Waals surface area contributed by atoms with E-state index in [0.29, 0.717) is 18.5 Å². The van der Waals surface area contributed by atoms with Crippen molar-refractivity contribution in [1.29, 1.82) is 0 Å². The van der Waals surface area contributed by atoms with E-state index < -0.39 is 11.4 Å². The highest BCUT2D eigenvalue weighted by atomic mass is 16.4. The Labute approximate surface area is 124 Å². The molecule has 0 heterocycles. The maximum atomic E-state index is 11.8. The number of rotatable bonds is 7. The molecule has 0 aromatic heterocycles. The number of hydrogen-bond acceptors (Lipinski definition) is 2. The molecule has 0 atom stereocenters. The number of carbonyl (C=O) groups is 2. The molecule has 0 unspecified atom stereocenters. The summed E-state index contributed by atoms with van der Waals surface area (Å²) < 4.78 is 0. The van der Waals surface area contributed by atoms with Gasteiger partial charge < -0.3 is 15.7 Å². The summed E-state index contributed by atoms with van der Waals surface area (Å²) in [5.74, 6) is -0.830. The summed E-state index contributed by atoms with van der Waals surface area (Å²) in [7, 11) is 0. The van der Waals surface area contributed by atoms with Crippen molar-refractivity contribution in [3.8, 4) is 0 Å².